The van der Waals surface area contributed by atoms with Gasteiger partial charge >= 0.3 is 5.97 Å². The van der Waals surface area contributed by atoms with Crippen molar-refractivity contribution in [3.05, 3.63) is 17.5 Å². The van der Waals surface area contributed by atoms with Crippen molar-refractivity contribution >= 4 is 17.7 Å². The predicted molar refractivity (Wildman–Crippen MR) is 71.0 cm³/mol. The second-order valence-corrected chi connectivity index (χ2v) is 5.26. The molecule has 0 N–H and O–H groups in total. The molecule has 98 valence electrons. The first-order valence-electron chi connectivity index (χ1n) is 6.25. The number of esters is 1. The molecular formula is C13H18N2O2S. The Bertz CT molecular complexity index is 431. The molecule has 0 saturated heterocycles. The van der Waals surface area contributed by atoms with Crippen molar-refractivity contribution < 1.29 is 9.53 Å². The number of thioether (sulfide) groups is 1. The molecule has 0 amide bonds. The van der Waals surface area contributed by atoms with Crippen molar-refractivity contribution in [2.75, 3.05) is 13.4 Å². The van der Waals surface area contributed by atoms with Crippen LogP contribution in [0.4, 0.5) is 0 Å². The number of nitrogens with zero attached hydrogens (tertiary/aromatic N) is 2. The fraction of sp³-hybridized carbons (Fsp3) is 0.615. The quantitative estimate of drug-likeness (QED) is 0.478. The molecule has 0 aromatic carbocycles. The molecule has 18 heavy (non-hydrogen) atoms. The topological polar surface area (TPSA) is 52.1 Å². The molecule has 2 rings (SSSR count). The molecule has 1 heterocycles. The molecule has 0 spiro atoms. The summed E-state index contributed by atoms with van der Waals surface area (Å²) in [5, 5.41) is 0.725. The van der Waals surface area contributed by atoms with Crippen molar-refractivity contribution in [2.24, 2.45) is 0 Å². The molecule has 0 radical (unpaired) electrons. The van der Waals surface area contributed by atoms with E-state index in [-0.39, 0.29) is 5.97 Å². The number of ether oxygens (including phenoxy) is 1. The van der Waals surface area contributed by atoms with E-state index in [1.54, 1.807) is 6.20 Å². The van der Waals surface area contributed by atoms with Gasteiger partial charge in [0.05, 0.1) is 18.4 Å². The number of aromatic nitrogens is 2. The fourth-order valence-electron chi connectivity index (χ4n) is 2.43. The number of methoxy groups -OCH3 is 1. The summed E-state index contributed by atoms with van der Waals surface area (Å²) in [7, 11) is 1.40. The molecule has 0 aliphatic heterocycles. The van der Waals surface area contributed by atoms with E-state index < -0.39 is 0 Å². The molecule has 1 aliphatic carbocycles. The van der Waals surface area contributed by atoms with E-state index in [0.29, 0.717) is 11.5 Å². The number of carbonyl (C=O) groups is 1. The Morgan fingerprint density at radius 1 is 1.39 bits per heavy atom. The highest BCUT2D eigenvalue weighted by molar-refractivity contribution is 7.98. The van der Waals surface area contributed by atoms with Gasteiger partial charge in [0, 0.05) is 12.1 Å². The molecule has 5 heteroatoms. The second kappa shape index (κ2) is 6.18. The zero-order valence-corrected chi connectivity index (χ0v) is 11.6. The van der Waals surface area contributed by atoms with E-state index in [0.717, 1.165) is 23.7 Å². The maximum absolute atomic E-state index is 11.8. The van der Waals surface area contributed by atoms with Crippen molar-refractivity contribution in [2.45, 2.75) is 43.2 Å². The van der Waals surface area contributed by atoms with Crippen LogP contribution in [0.5, 0.6) is 0 Å². The highest BCUT2D eigenvalue weighted by atomic mass is 32.2. The lowest BCUT2D eigenvalue weighted by Crippen LogP contribution is -2.15. The average Bonchev–Trinajstić information content (AvgIpc) is 2.46. The SMILES string of the molecule is COC(=O)c1cnc(SC)nc1C1CCCCC1. The van der Waals surface area contributed by atoms with Gasteiger partial charge in [0.15, 0.2) is 5.16 Å². The third kappa shape index (κ3) is 2.83. The van der Waals surface area contributed by atoms with Gasteiger partial charge in [-0.1, -0.05) is 31.0 Å². The highest BCUT2D eigenvalue weighted by Gasteiger charge is 2.24. The summed E-state index contributed by atoms with van der Waals surface area (Å²) in [6.07, 6.45) is 9.47. The predicted octanol–water partition coefficient (Wildman–Crippen LogP) is 3.03. The summed E-state index contributed by atoms with van der Waals surface area (Å²) in [5.74, 6) is 0.0463. The molecule has 1 aliphatic rings. The molecule has 1 saturated carbocycles. The van der Waals surface area contributed by atoms with Crippen LogP contribution in [0, 0.1) is 0 Å². The molecule has 0 unspecified atom stereocenters. The van der Waals surface area contributed by atoms with Crippen molar-refractivity contribution in [3.63, 3.8) is 0 Å². The van der Waals surface area contributed by atoms with Gasteiger partial charge in [0.25, 0.3) is 0 Å². The number of rotatable bonds is 3. The lowest BCUT2D eigenvalue weighted by molar-refractivity contribution is 0.0597. The van der Waals surface area contributed by atoms with Crippen LogP contribution in [0.15, 0.2) is 11.4 Å². The third-order valence-corrected chi connectivity index (χ3v) is 3.94. The van der Waals surface area contributed by atoms with Gasteiger partial charge in [0.2, 0.25) is 0 Å². The summed E-state index contributed by atoms with van der Waals surface area (Å²) < 4.78 is 4.82. The van der Waals surface area contributed by atoms with E-state index in [1.165, 1.54) is 38.1 Å². The van der Waals surface area contributed by atoms with E-state index in [9.17, 15) is 4.79 Å². The Morgan fingerprint density at radius 3 is 2.72 bits per heavy atom. The number of carbonyl (C=O) groups excluding carboxylic acids is 1. The Labute approximate surface area is 112 Å². The maximum Gasteiger partial charge on any atom is 0.341 e. The van der Waals surface area contributed by atoms with Crippen LogP contribution >= 0.6 is 11.8 Å². The van der Waals surface area contributed by atoms with Gasteiger partial charge in [-0.05, 0) is 19.1 Å². The first-order valence-corrected chi connectivity index (χ1v) is 7.48. The molecule has 4 nitrogen and oxygen atoms in total. The van der Waals surface area contributed by atoms with Gasteiger partial charge in [-0.2, -0.15) is 0 Å². The summed E-state index contributed by atoms with van der Waals surface area (Å²) in [6, 6.07) is 0. The standard InChI is InChI=1S/C13H18N2O2S/c1-17-12(16)10-8-14-13(18-2)15-11(10)9-6-4-3-5-7-9/h8-9H,3-7H2,1-2H3. The van der Waals surface area contributed by atoms with Crippen LogP contribution in [0.3, 0.4) is 0 Å². The summed E-state index contributed by atoms with van der Waals surface area (Å²) in [4.78, 5) is 20.5. The monoisotopic (exact) mass is 266 g/mol. The molecule has 1 aromatic rings. The first-order chi connectivity index (χ1) is 8.76. The maximum atomic E-state index is 11.8. The minimum Gasteiger partial charge on any atom is -0.465 e. The smallest absolute Gasteiger partial charge is 0.341 e. The summed E-state index contributed by atoms with van der Waals surface area (Å²) in [5.41, 5.74) is 1.41. The van der Waals surface area contributed by atoms with Crippen LogP contribution in [-0.4, -0.2) is 29.3 Å². The lowest BCUT2D eigenvalue weighted by atomic mass is 9.85. The van der Waals surface area contributed by atoms with E-state index in [2.05, 4.69) is 9.97 Å². The van der Waals surface area contributed by atoms with E-state index >= 15 is 0 Å². The highest BCUT2D eigenvalue weighted by Crippen LogP contribution is 2.33. The van der Waals surface area contributed by atoms with Crippen molar-refractivity contribution in [3.8, 4) is 0 Å². The van der Waals surface area contributed by atoms with E-state index in [1.807, 2.05) is 6.26 Å². The molecule has 1 aromatic heterocycles. The third-order valence-electron chi connectivity index (χ3n) is 3.38. The minimum atomic E-state index is -0.330. The van der Waals surface area contributed by atoms with Gasteiger partial charge in [-0.15, -0.1) is 0 Å². The Kier molecular flexibility index (Phi) is 4.58. The van der Waals surface area contributed by atoms with Gasteiger partial charge < -0.3 is 4.74 Å². The van der Waals surface area contributed by atoms with Crippen LogP contribution in [0.1, 0.15) is 54.1 Å². The second-order valence-electron chi connectivity index (χ2n) is 4.48. The molecule has 1 fully saturated rings. The Hall–Kier alpha value is -1.10. The average molecular weight is 266 g/mol. The minimum absolute atomic E-state index is 0.330. The zero-order valence-electron chi connectivity index (χ0n) is 10.8. The van der Waals surface area contributed by atoms with Gasteiger partial charge in [0.1, 0.15) is 0 Å². The Balaban J connectivity index is 2.36. The van der Waals surface area contributed by atoms with E-state index in [4.69, 9.17) is 4.74 Å². The summed E-state index contributed by atoms with van der Waals surface area (Å²) >= 11 is 1.50. The van der Waals surface area contributed by atoms with Crippen LogP contribution in [0.25, 0.3) is 0 Å². The number of hydrogen-bond acceptors (Lipinski definition) is 5. The number of hydrogen-bond donors (Lipinski definition) is 0. The van der Waals surface area contributed by atoms with Gasteiger partial charge in [-0.25, -0.2) is 14.8 Å². The normalized spacial score (nSPS) is 16.6. The van der Waals surface area contributed by atoms with Gasteiger partial charge in [-0.3, -0.25) is 0 Å². The van der Waals surface area contributed by atoms with Crippen LogP contribution in [0.2, 0.25) is 0 Å². The van der Waals surface area contributed by atoms with Crippen LogP contribution < -0.4 is 0 Å². The molecule has 0 bridgehead atoms. The first kappa shape index (κ1) is 13.3. The zero-order chi connectivity index (χ0) is 13.0. The summed E-state index contributed by atoms with van der Waals surface area (Å²) in [6.45, 7) is 0. The lowest BCUT2D eigenvalue weighted by Gasteiger charge is -2.22. The largest absolute Gasteiger partial charge is 0.465 e. The van der Waals surface area contributed by atoms with Crippen molar-refractivity contribution in [1.82, 2.24) is 9.97 Å². The fourth-order valence-corrected chi connectivity index (χ4v) is 2.78. The Morgan fingerprint density at radius 2 is 2.11 bits per heavy atom. The van der Waals surface area contributed by atoms with Crippen molar-refractivity contribution in [1.29, 1.82) is 0 Å². The molecule has 0 atom stereocenters. The molecular weight excluding hydrogens is 248 g/mol. The van der Waals surface area contributed by atoms with Crippen LogP contribution in [-0.2, 0) is 4.74 Å².